The lowest BCUT2D eigenvalue weighted by Crippen LogP contribution is -2.46. The van der Waals surface area contributed by atoms with Gasteiger partial charge in [-0.3, -0.25) is 19.1 Å². The second-order valence-corrected chi connectivity index (χ2v) is 8.37. The second kappa shape index (κ2) is 8.79. The van der Waals surface area contributed by atoms with E-state index in [1.165, 1.54) is 13.1 Å². The van der Waals surface area contributed by atoms with Gasteiger partial charge in [0.1, 0.15) is 11.3 Å². The molecule has 10 heteroatoms. The largest absolute Gasteiger partial charge is 0.386 e. The first-order chi connectivity index (χ1) is 16.5. The van der Waals surface area contributed by atoms with Crippen LogP contribution in [0.2, 0.25) is 0 Å². The van der Waals surface area contributed by atoms with Crippen LogP contribution >= 0.6 is 0 Å². The van der Waals surface area contributed by atoms with Gasteiger partial charge >= 0.3 is 5.69 Å². The number of amides is 1. The summed E-state index contributed by atoms with van der Waals surface area (Å²) >= 11 is 0. The monoisotopic (exact) mass is 463 g/mol. The zero-order valence-corrected chi connectivity index (χ0v) is 19.1. The van der Waals surface area contributed by atoms with E-state index in [4.69, 9.17) is 0 Å². The average Bonchev–Trinajstić information content (AvgIpc) is 3.35. The fraction of sp³-hybridized carbons (Fsp3) is 0.292. The molecule has 1 fully saturated rings. The molecule has 4 aromatic rings. The number of hydrogen-bond acceptors (Lipinski definition) is 6. The summed E-state index contributed by atoms with van der Waals surface area (Å²) in [5.74, 6) is -0.988. The number of carbonyl (C=O) groups excluding carboxylic acids is 1. The average molecular weight is 464 g/mol. The van der Waals surface area contributed by atoms with Crippen molar-refractivity contribution < 1.29 is 9.18 Å². The molecule has 0 bridgehead atoms. The third-order valence-electron chi connectivity index (χ3n) is 6.34. The zero-order valence-electron chi connectivity index (χ0n) is 19.1. The number of nitrogens with zero attached hydrogens (tertiary/aromatic N) is 4. The Bertz CT molecular complexity index is 1440. The molecule has 0 atom stereocenters. The quantitative estimate of drug-likeness (QED) is 0.419. The number of piperazine rings is 1. The number of rotatable bonds is 5. The minimum atomic E-state index is -0.538. The predicted octanol–water partition coefficient (Wildman–Crippen LogP) is 2.04. The predicted molar refractivity (Wildman–Crippen MR) is 130 cm³/mol. The molecule has 5 rings (SSSR count). The molecule has 0 spiro atoms. The van der Waals surface area contributed by atoms with E-state index in [0.29, 0.717) is 12.2 Å². The highest BCUT2D eigenvalue weighted by Gasteiger charge is 2.22. The van der Waals surface area contributed by atoms with Gasteiger partial charge in [0.2, 0.25) is 0 Å². The van der Waals surface area contributed by atoms with Crippen molar-refractivity contribution in [2.45, 2.75) is 6.54 Å². The summed E-state index contributed by atoms with van der Waals surface area (Å²) < 4.78 is 16.1. The fourth-order valence-corrected chi connectivity index (χ4v) is 4.56. The lowest BCUT2D eigenvalue weighted by atomic mass is 10.1. The van der Waals surface area contributed by atoms with Gasteiger partial charge in [-0.2, -0.15) is 0 Å². The maximum absolute atomic E-state index is 14.6. The zero-order chi connectivity index (χ0) is 23.8. The van der Waals surface area contributed by atoms with Crippen LogP contribution in [0.15, 0.2) is 47.5 Å². The molecule has 3 N–H and O–H groups in total. The van der Waals surface area contributed by atoms with Crippen LogP contribution in [0.3, 0.4) is 0 Å². The van der Waals surface area contributed by atoms with Crippen LogP contribution in [-0.2, 0) is 6.54 Å². The molecule has 9 nitrogen and oxygen atoms in total. The minimum absolute atomic E-state index is 0.0218. The Morgan fingerprint density at radius 3 is 2.71 bits per heavy atom. The van der Waals surface area contributed by atoms with Crippen LogP contribution in [0.5, 0.6) is 0 Å². The van der Waals surface area contributed by atoms with E-state index >= 15 is 0 Å². The Labute approximate surface area is 195 Å². The van der Waals surface area contributed by atoms with E-state index in [0.717, 1.165) is 54.0 Å². The molecule has 34 heavy (non-hydrogen) atoms. The van der Waals surface area contributed by atoms with Gasteiger partial charge in [-0.1, -0.05) is 0 Å². The van der Waals surface area contributed by atoms with Crippen LogP contribution in [0.1, 0.15) is 15.9 Å². The first kappa shape index (κ1) is 21.9. The summed E-state index contributed by atoms with van der Waals surface area (Å²) in [6, 6.07) is 8.68. The number of halogens is 1. The topological polar surface area (TPSA) is 97.8 Å². The van der Waals surface area contributed by atoms with E-state index < -0.39 is 11.7 Å². The van der Waals surface area contributed by atoms with Crippen molar-refractivity contribution in [2.24, 2.45) is 0 Å². The summed E-state index contributed by atoms with van der Waals surface area (Å²) in [4.78, 5) is 36.2. The lowest BCUT2D eigenvalue weighted by Gasteiger charge is -2.37. The molecule has 1 aliphatic heterocycles. The smallest absolute Gasteiger partial charge is 0.330 e. The SMILES string of the molecule is CNC(=O)c1cc(NC)c(N2CCN(Cc3cnc4c(c3)[nH]c(=O)n3cccc43)CC2)cc1F. The maximum atomic E-state index is 14.6. The summed E-state index contributed by atoms with van der Waals surface area (Å²) in [6.07, 6.45) is 3.58. The standard InChI is InChI=1S/C24H26FN7O2/c1-26-18-11-16(23(33)27-2)17(25)12-21(18)31-8-6-30(7-9-31)14-15-10-19-22(28-13-15)20-4-3-5-32(20)24(34)29-19/h3-5,10-13,26H,6-9,14H2,1-2H3,(H,27,33)(H,29,34). The molecule has 0 radical (unpaired) electrons. The van der Waals surface area contributed by atoms with E-state index in [1.54, 1.807) is 23.7 Å². The van der Waals surface area contributed by atoms with E-state index in [2.05, 4.69) is 30.4 Å². The molecule has 1 aromatic carbocycles. The highest BCUT2D eigenvalue weighted by molar-refractivity contribution is 5.96. The van der Waals surface area contributed by atoms with E-state index in [1.807, 2.05) is 24.4 Å². The van der Waals surface area contributed by atoms with Crippen molar-refractivity contribution in [3.8, 4) is 0 Å². The van der Waals surface area contributed by atoms with Crippen molar-refractivity contribution >= 4 is 33.8 Å². The molecule has 0 saturated carbocycles. The summed E-state index contributed by atoms with van der Waals surface area (Å²) in [5, 5.41) is 5.55. The molecule has 176 valence electrons. The van der Waals surface area contributed by atoms with Gasteiger partial charge < -0.3 is 20.5 Å². The number of anilines is 2. The maximum Gasteiger partial charge on any atom is 0.330 e. The van der Waals surface area contributed by atoms with Crippen molar-refractivity contribution in [3.05, 3.63) is 70.2 Å². The first-order valence-electron chi connectivity index (χ1n) is 11.2. The van der Waals surface area contributed by atoms with E-state index in [-0.39, 0.29) is 11.3 Å². The van der Waals surface area contributed by atoms with Crippen molar-refractivity contribution in [1.29, 1.82) is 0 Å². The fourth-order valence-electron chi connectivity index (χ4n) is 4.56. The van der Waals surface area contributed by atoms with Crippen molar-refractivity contribution in [2.75, 3.05) is 50.5 Å². The highest BCUT2D eigenvalue weighted by Crippen LogP contribution is 2.30. The lowest BCUT2D eigenvalue weighted by molar-refractivity contribution is 0.0959. The summed E-state index contributed by atoms with van der Waals surface area (Å²) in [5.41, 5.74) is 4.58. The normalized spacial score (nSPS) is 14.6. The van der Waals surface area contributed by atoms with Gasteiger partial charge in [-0.25, -0.2) is 9.18 Å². The molecular formula is C24H26FN7O2. The van der Waals surface area contributed by atoms with Gasteiger partial charge in [-0.05, 0) is 29.8 Å². The third kappa shape index (κ3) is 3.86. The van der Waals surface area contributed by atoms with Gasteiger partial charge in [0, 0.05) is 65.3 Å². The second-order valence-electron chi connectivity index (χ2n) is 8.37. The van der Waals surface area contributed by atoms with Crippen LogP contribution in [0.4, 0.5) is 15.8 Å². The number of nitrogens with one attached hydrogen (secondary N) is 3. The number of benzene rings is 1. The summed E-state index contributed by atoms with van der Waals surface area (Å²) in [7, 11) is 3.25. The van der Waals surface area contributed by atoms with Crippen molar-refractivity contribution in [3.63, 3.8) is 0 Å². The Kier molecular flexibility index (Phi) is 5.66. The molecule has 0 aliphatic carbocycles. The first-order valence-corrected chi connectivity index (χ1v) is 11.2. The van der Waals surface area contributed by atoms with Gasteiger partial charge in [0.15, 0.2) is 0 Å². The Morgan fingerprint density at radius 2 is 1.97 bits per heavy atom. The van der Waals surface area contributed by atoms with E-state index in [9.17, 15) is 14.0 Å². The molecule has 3 aromatic heterocycles. The van der Waals surface area contributed by atoms with Gasteiger partial charge in [0.25, 0.3) is 5.91 Å². The minimum Gasteiger partial charge on any atom is -0.386 e. The number of carbonyl (C=O) groups is 1. The summed E-state index contributed by atoms with van der Waals surface area (Å²) in [6.45, 7) is 3.71. The molecule has 4 heterocycles. The third-order valence-corrected chi connectivity index (χ3v) is 6.34. The molecule has 1 aliphatic rings. The van der Waals surface area contributed by atoms with Gasteiger partial charge in [-0.15, -0.1) is 0 Å². The number of fused-ring (bicyclic) bond motifs is 3. The van der Waals surface area contributed by atoms with Crippen LogP contribution in [0, 0.1) is 5.82 Å². The Balaban J connectivity index is 1.31. The number of aromatic nitrogens is 3. The number of pyridine rings is 1. The molecular weight excluding hydrogens is 437 g/mol. The van der Waals surface area contributed by atoms with Crippen LogP contribution < -0.4 is 21.2 Å². The van der Waals surface area contributed by atoms with Gasteiger partial charge in [0.05, 0.1) is 28.0 Å². The van der Waals surface area contributed by atoms with Crippen LogP contribution in [-0.4, -0.2) is 65.5 Å². The number of H-pyrrole nitrogens is 1. The highest BCUT2D eigenvalue weighted by atomic mass is 19.1. The Morgan fingerprint density at radius 1 is 1.18 bits per heavy atom. The number of hydrogen-bond donors (Lipinski definition) is 3. The molecule has 1 amide bonds. The molecule has 0 unspecified atom stereocenters. The van der Waals surface area contributed by atoms with Crippen LogP contribution in [0.25, 0.3) is 16.6 Å². The Hall–Kier alpha value is -3.92. The molecule has 1 saturated heterocycles. The van der Waals surface area contributed by atoms with Crippen molar-refractivity contribution in [1.82, 2.24) is 24.6 Å². The number of aromatic amines is 1.